The minimum Gasteiger partial charge on any atom is -0.485 e. The van der Waals surface area contributed by atoms with Gasteiger partial charge in [0.05, 0.1) is 0 Å². The molecule has 8 nitrogen and oxygen atoms in total. The highest BCUT2D eigenvalue weighted by atomic mass is 16.6. The zero-order valence-corrected chi connectivity index (χ0v) is 12.1. The van der Waals surface area contributed by atoms with E-state index in [0.29, 0.717) is 11.5 Å². The average Bonchev–Trinajstić information content (AvgIpc) is 2.53. The Morgan fingerprint density at radius 1 is 1.27 bits per heavy atom. The van der Waals surface area contributed by atoms with Crippen molar-refractivity contribution in [3.63, 3.8) is 0 Å². The van der Waals surface area contributed by atoms with Crippen LogP contribution in [0.3, 0.4) is 0 Å². The standard InChI is InChI=1S/C14H16N2O6/c1-8(12(17)16-14(19)15-2)21-13(18)11-7-20-9-5-3-4-6-10(9)22-11/h3-6,8,11H,7H2,1-2H3,(H2,15,16,17,19)/t8-,11-/m0/s1. The number of amides is 3. The Balaban J connectivity index is 1.90. The maximum absolute atomic E-state index is 12.0. The van der Waals surface area contributed by atoms with Crippen LogP contribution in [-0.4, -0.2) is 43.8 Å². The lowest BCUT2D eigenvalue weighted by Gasteiger charge is -2.25. The van der Waals surface area contributed by atoms with Crippen molar-refractivity contribution >= 4 is 17.9 Å². The van der Waals surface area contributed by atoms with E-state index in [9.17, 15) is 14.4 Å². The van der Waals surface area contributed by atoms with E-state index >= 15 is 0 Å². The second-order valence-corrected chi connectivity index (χ2v) is 4.51. The van der Waals surface area contributed by atoms with Crippen LogP contribution < -0.4 is 20.1 Å². The van der Waals surface area contributed by atoms with Crippen LogP contribution in [0.5, 0.6) is 11.5 Å². The van der Waals surface area contributed by atoms with Crippen LogP contribution in [0.2, 0.25) is 0 Å². The smallest absolute Gasteiger partial charge is 0.351 e. The van der Waals surface area contributed by atoms with Crippen molar-refractivity contribution in [2.75, 3.05) is 13.7 Å². The molecular formula is C14H16N2O6. The molecule has 0 saturated carbocycles. The molecule has 0 saturated heterocycles. The molecule has 1 aromatic carbocycles. The molecule has 0 fully saturated rings. The van der Waals surface area contributed by atoms with Crippen LogP contribution in [-0.2, 0) is 14.3 Å². The fourth-order valence-corrected chi connectivity index (χ4v) is 1.72. The van der Waals surface area contributed by atoms with E-state index in [1.165, 1.54) is 14.0 Å². The highest BCUT2D eigenvalue weighted by molar-refractivity contribution is 5.97. The molecule has 0 spiro atoms. The topological polar surface area (TPSA) is 103 Å². The third kappa shape index (κ3) is 3.66. The lowest BCUT2D eigenvalue weighted by atomic mass is 10.2. The highest BCUT2D eigenvalue weighted by Crippen LogP contribution is 2.31. The van der Waals surface area contributed by atoms with Crippen LogP contribution in [0.4, 0.5) is 4.79 Å². The van der Waals surface area contributed by atoms with Crippen molar-refractivity contribution < 1.29 is 28.6 Å². The Kier molecular flexibility index (Phi) is 4.82. The lowest BCUT2D eigenvalue weighted by molar-refractivity contribution is -0.163. The maximum atomic E-state index is 12.0. The summed E-state index contributed by atoms with van der Waals surface area (Å²) in [5.74, 6) is -0.506. The first-order chi connectivity index (χ1) is 10.5. The number of benzene rings is 1. The summed E-state index contributed by atoms with van der Waals surface area (Å²) in [5, 5.41) is 4.24. The van der Waals surface area contributed by atoms with Crippen molar-refractivity contribution in [3.05, 3.63) is 24.3 Å². The summed E-state index contributed by atoms with van der Waals surface area (Å²) in [6.45, 7) is 1.34. The molecule has 2 N–H and O–H groups in total. The van der Waals surface area contributed by atoms with E-state index in [1.807, 2.05) is 5.32 Å². The summed E-state index contributed by atoms with van der Waals surface area (Å²) in [4.78, 5) is 34.6. The van der Waals surface area contributed by atoms with Crippen molar-refractivity contribution in [2.24, 2.45) is 0 Å². The quantitative estimate of drug-likeness (QED) is 0.774. The number of fused-ring (bicyclic) bond motifs is 1. The number of hydrogen-bond donors (Lipinski definition) is 2. The van der Waals surface area contributed by atoms with Crippen LogP contribution in [0.15, 0.2) is 24.3 Å². The average molecular weight is 308 g/mol. The monoisotopic (exact) mass is 308 g/mol. The molecule has 0 unspecified atom stereocenters. The van der Waals surface area contributed by atoms with E-state index in [0.717, 1.165) is 0 Å². The van der Waals surface area contributed by atoms with Gasteiger partial charge in [0.15, 0.2) is 17.6 Å². The maximum Gasteiger partial charge on any atom is 0.351 e. The van der Waals surface area contributed by atoms with Crippen molar-refractivity contribution in [1.29, 1.82) is 0 Å². The molecule has 1 aliphatic heterocycles. The Morgan fingerprint density at radius 3 is 2.64 bits per heavy atom. The third-order valence-electron chi connectivity index (χ3n) is 2.90. The lowest BCUT2D eigenvalue weighted by Crippen LogP contribution is -2.46. The fraction of sp³-hybridized carbons (Fsp3) is 0.357. The van der Waals surface area contributed by atoms with Gasteiger partial charge < -0.3 is 19.5 Å². The number of imide groups is 1. The number of esters is 1. The molecule has 1 aromatic rings. The number of carbonyl (C=O) groups is 3. The van der Waals surface area contributed by atoms with Gasteiger partial charge >= 0.3 is 12.0 Å². The Bertz CT molecular complexity index is 588. The SMILES string of the molecule is CNC(=O)NC(=O)[C@H](C)OC(=O)[C@@H]1COc2ccccc2O1. The van der Waals surface area contributed by atoms with Gasteiger partial charge in [-0.15, -0.1) is 0 Å². The summed E-state index contributed by atoms with van der Waals surface area (Å²) in [6.07, 6.45) is -2.10. The summed E-state index contributed by atoms with van der Waals surface area (Å²) < 4.78 is 15.8. The van der Waals surface area contributed by atoms with Crippen molar-refractivity contribution in [1.82, 2.24) is 10.6 Å². The number of hydrogen-bond acceptors (Lipinski definition) is 6. The van der Waals surface area contributed by atoms with Crippen LogP contribution >= 0.6 is 0 Å². The van der Waals surface area contributed by atoms with Gasteiger partial charge in [0.2, 0.25) is 6.10 Å². The molecular weight excluding hydrogens is 292 g/mol. The fourth-order valence-electron chi connectivity index (χ4n) is 1.72. The van der Waals surface area contributed by atoms with Gasteiger partial charge in [-0.1, -0.05) is 12.1 Å². The predicted molar refractivity (Wildman–Crippen MR) is 74.5 cm³/mol. The summed E-state index contributed by atoms with van der Waals surface area (Å²) in [5.41, 5.74) is 0. The Morgan fingerprint density at radius 2 is 1.95 bits per heavy atom. The number of ether oxygens (including phenoxy) is 3. The number of urea groups is 1. The highest BCUT2D eigenvalue weighted by Gasteiger charge is 2.31. The first-order valence-electron chi connectivity index (χ1n) is 6.63. The Hall–Kier alpha value is -2.77. The van der Waals surface area contributed by atoms with Gasteiger partial charge in [-0.25, -0.2) is 9.59 Å². The van der Waals surface area contributed by atoms with E-state index in [2.05, 4.69) is 5.32 Å². The first-order valence-corrected chi connectivity index (χ1v) is 6.63. The van der Waals surface area contributed by atoms with Gasteiger partial charge in [0, 0.05) is 7.05 Å². The Labute approximate surface area is 126 Å². The molecule has 2 rings (SSSR count). The second kappa shape index (κ2) is 6.79. The van der Waals surface area contributed by atoms with Gasteiger partial charge in [-0.05, 0) is 19.1 Å². The molecule has 0 bridgehead atoms. The molecule has 2 atom stereocenters. The van der Waals surface area contributed by atoms with Gasteiger partial charge in [0.1, 0.15) is 6.61 Å². The molecule has 0 radical (unpaired) electrons. The minimum absolute atomic E-state index is 0.0143. The zero-order chi connectivity index (χ0) is 16.1. The van der Waals surface area contributed by atoms with Gasteiger partial charge in [0.25, 0.3) is 5.91 Å². The number of para-hydroxylation sites is 2. The zero-order valence-electron chi connectivity index (χ0n) is 12.1. The molecule has 1 aliphatic rings. The summed E-state index contributed by atoms with van der Waals surface area (Å²) in [6, 6.07) is 6.23. The molecule has 22 heavy (non-hydrogen) atoms. The van der Waals surface area contributed by atoms with E-state index in [4.69, 9.17) is 14.2 Å². The van der Waals surface area contributed by atoms with Crippen molar-refractivity contribution in [3.8, 4) is 11.5 Å². The number of nitrogens with one attached hydrogen (secondary N) is 2. The normalized spacial score (nSPS) is 17.1. The van der Waals surface area contributed by atoms with E-state index in [1.54, 1.807) is 24.3 Å². The second-order valence-electron chi connectivity index (χ2n) is 4.51. The molecule has 1 heterocycles. The van der Waals surface area contributed by atoms with Gasteiger partial charge in [-0.2, -0.15) is 0 Å². The third-order valence-corrected chi connectivity index (χ3v) is 2.90. The van der Waals surface area contributed by atoms with Crippen LogP contribution in [0, 0.1) is 0 Å². The minimum atomic E-state index is -1.13. The van der Waals surface area contributed by atoms with Crippen molar-refractivity contribution in [2.45, 2.75) is 19.1 Å². The van der Waals surface area contributed by atoms with Gasteiger partial charge in [-0.3, -0.25) is 10.1 Å². The molecule has 8 heteroatoms. The first kappa shape index (κ1) is 15.6. The molecule has 0 aliphatic carbocycles. The van der Waals surface area contributed by atoms with E-state index in [-0.39, 0.29) is 6.61 Å². The number of carbonyl (C=O) groups excluding carboxylic acids is 3. The van der Waals surface area contributed by atoms with E-state index < -0.39 is 30.1 Å². The largest absolute Gasteiger partial charge is 0.485 e. The molecule has 0 aromatic heterocycles. The molecule has 118 valence electrons. The molecule has 3 amide bonds. The van der Waals surface area contributed by atoms with Crippen LogP contribution in [0.25, 0.3) is 0 Å². The summed E-state index contributed by atoms with van der Waals surface area (Å²) in [7, 11) is 1.37. The van der Waals surface area contributed by atoms with Crippen LogP contribution in [0.1, 0.15) is 6.92 Å². The summed E-state index contributed by atoms with van der Waals surface area (Å²) >= 11 is 0. The predicted octanol–water partition coefficient (Wildman–Crippen LogP) is 0.214. The number of rotatable bonds is 3.